The summed E-state index contributed by atoms with van der Waals surface area (Å²) in [5.41, 5.74) is 6.98. The fourth-order valence-corrected chi connectivity index (χ4v) is 7.41. The van der Waals surface area contributed by atoms with E-state index in [0.717, 1.165) is 48.3 Å². The maximum Gasteiger partial charge on any atom is 0.233 e. The van der Waals surface area contributed by atoms with Crippen LogP contribution in [0.15, 0.2) is 103 Å². The lowest BCUT2D eigenvalue weighted by atomic mass is 10.1. The van der Waals surface area contributed by atoms with E-state index in [0.29, 0.717) is 24.6 Å². The molecule has 0 fully saturated rings. The lowest BCUT2D eigenvalue weighted by molar-refractivity contribution is -0.671. The van der Waals surface area contributed by atoms with Crippen molar-refractivity contribution in [2.75, 3.05) is 75.7 Å². The van der Waals surface area contributed by atoms with E-state index in [1.165, 1.54) is 32.8 Å². The molecule has 4 aromatic rings. The molecule has 51 heavy (non-hydrogen) atoms. The van der Waals surface area contributed by atoms with Crippen LogP contribution in [-0.4, -0.2) is 87.5 Å². The molecule has 0 aliphatic heterocycles. The normalized spacial score (nSPS) is 11.2. The second kappa shape index (κ2) is 21.0. The van der Waals surface area contributed by atoms with Crippen molar-refractivity contribution < 1.29 is 14.2 Å². The Hall–Kier alpha value is -4.47. The fraction of sp³-hybridized carbons (Fsp3) is 0.310. The summed E-state index contributed by atoms with van der Waals surface area (Å²) in [6.07, 6.45) is 14.4. The average Bonchev–Trinajstić information content (AvgIpc) is 3.15. The van der Waals surface area contributed by atoms with Crippen LogP contribution >= 0.6 is 21.6 Å². The molecule has 0 saturated heterocycles. The molecular formula is C42H52N5O2S2+. The Balaban J connectivity index is 1.11. The number of amides is 2. The van der Waals surface area contributed by atoms with Crippen LogP contribution in [0, 0.1) is 0 Å². The lowest BCUT2D eigenvalue weighted by Gasteiger charge is -2.24. The molecule has 3 aromatic carbocycles. The fourth-order valence-electron chi connectivity index (χ4n) is 5.50. The molecule has 0 radical (unpaired) electrons. The summed E-state index contributed by atoms with van der Waals surface area (Å²) >= 11 is 0. The number of para-hydroxylation sites is 2. The summed E-state index contributed by atoms with van der Waals surface area (Å²) in [4.78, 5) is 33.6. The van der Waals surface area contributed by atoms with E-state index in [1.54, 1.807) is 9.80 Å². The maximum atomic E-state index is 12.8. The molecule has 9 heteroatoms. The monoisotopic (exact) mass is 722 g/mol. The minimum Gasteiger partial charge on any atom is -0.374 e. The number of pyridine rings is 1. The minimum atomic E-state index is 0.0810. The summed E-state index contributed by atoms with van der Waals surface area (Å²) in [5, 5.41) is 0. The van der Waals surface area contributed by atoms with E-state index < -0.39 is 0 Å². The molecule has 0 bridgehead atoms. The van der Waals surface area contributed by atoms with E-state index in [9.17, 15) is 9.59 Å². The molecule has 0 N–H and O–H groups in total. The van der Waals surface area contributed by atoms with Gasteiger partial charge in [0.1, 0.15) is 7.05 Å². The summed E-state index contributed by atoms with van der Waals surface area (Å²) in [5.74, 6) is 0.862. The van der Waals surface area contributed by atoms with E-state index in [1.807, 2.05) is 56.3 Å². The number of carbonyl (C=O) groups is 2. The first-order valence-electron chi connectivity index (χ1n) is 17.4. The summed E-state index contributed by atoms with van der Waals surface area (Å²) in [7, 11) is 12.8. The van der Waals surface area contributed by atoms with Crippen molar-refractivity contribution in [1.29, 1.82) is 0 Å². The number of benzene rings is 3. The number of hydrogen-bond donors (Lipinski definition) is 0. The molecular weight excluding hydrogens is 671 g/mol. The van der Waals surface area contributed by atoms with Crippen molar-refractivity contribution in [1.82, 2.24) is 9.80 Å². The second-order valence-corrected chi connectivity index (χ2v) is 15.2. The highest BCUT2D eigenvalue weighted by atomic mass is 33.1. The second-order valence-electron chi connectivity index (χ2n) is 12.7. The highest BCUT2D eigenvalue weighted by Gasteiger charge is 2.14. The highest BCUT2D eigenvalue weighted by molar-refractivity contribution is 8.77. The molecule has 4 rings (SSSR count). The number of rotatable bonds is 19. The number of carbonyl (C=O) groups excluding carboxylic acids is 2. The van der Waals surface area contributed by atoms with Crippen molar-refractivity contribution >= 4 is 69.1 Å². The molecule has 1 aromatic heterocycles. The van der Waals surface area contributed by atoms with E-state index in [2.05, 4.69) is 121 Å². The van der Waals surface area contributed by atoms with Gasteiger partial charge in [-0.3, -0.25) is 9.59 Å². The standard InChI is InChI=1S/C42H52N5O2S2/c1-43-31-25-36(26-32-43)22-24-38-18-10-12-20-40(38)45(3)28-14-30-47(5)42(49)34-51-50-33-41(48)46(4)29-13-27-44(2)39-19-11-9-17-37(39)23-21-35-15-7-6-8-16-35/h6-12,15-26,31-32H,13-14,27-30,33-34H2,1-5H3/q+1. The van der Waals surface area contributed by atoms with Gasteiger partial charge in [0.25, 0.3) is 0 Å². The number of anilines is 2. The predicted molar refractivity (Wildman–Crippen MR) is 221 cm³/mol. The van der Waals surface area contributed by atoms with E-state index >= 15 is 0 Å². The largest absolute Gasteiger partial charge is 0.374 e. The summed E-state index contributed by atoms with van der Waals surface area (Å²) in [6, 6.07) is 31.3. The first kappa shape index (κ1) is 39.3. The van der Waals surface area contributed by atoms with Gasteiger partial charge in [-0.25, -0.2) is 4.57 Å². The zero-order chi connectivity index (χ0) is 36.4. The molecule has 0 aliphatic rings. The van der Waals surface area contributed by atoms with Crippen LogP contribution in [0.5, 0.6) is 0 Å². The quantitative estimate of drug-likeness (QED) is 0.0433. The number of aryl methyl sites for hydroxylation is 1. The van der Waals surface area contributed by atoms with Crippen molar-refractivity contribution in [3.63, 3.8) is 0 Å². The lowest BCUT2D eigenvalue weighted by Crippen LogP contribution is -2.32. The smallest absolute Gasteiger partial charge is 0.233 e. The van der Waals surface area contributed by atoms with Crippen molar-refractivity contribution in [3.8, 4) is 0 Å². The van der Waals surface area contributed by atoms with Crippen LogP contribution in [0.2, 0.25) is 0 Å². The van der Waals surface area contributed by atoms with Gasteiger partial charge in [-0.15, -0.1) is 0 Å². The topological polar surface area (TPSA) is 51.0 Å². The Morgan fingerprint density at radius 3 is 1.43 bits per heavy atom. The molecule has 0 spiro atoms. The molecule has 0 unspecified atom stereocenters. The third kappa shape index (κ3) is 13.3. The Labute approximate surface area is 313 Å². The van der Waals surface area contributed by atoms with E-state index in [-0.39, 0.29) is 11.8 Å². The van der Waals surface area contributed by atoms with Crippen LogP contribution < -0.4 is 14.4 Å². The predicted octanol–water partition coefficient (Wildman–Crippen LogP) is 7.50. The van der Waals surface area contributed by atoms with Crippen LogP contribution in [0.25, 0.3) is 24.3 Å². The van der Waals surface area contributed by atoms with Gasteiger partial charge < -0.3 is 19.6 Å². The van der Waals surface area contributed by atoms with E-state index in [4.69, 9.17) is 0 Å². The Kier molecular flexibility index (Phi) is 16.2. The Bertz CT molecular complexity index is 1730. The number of aromatic nitrogens is 1. The molecule has 0 atom stereocenters. The number of hydrogen-bond acceptors (Lipinski definition) is 6. The van der Waals surface area contributed by atoms with Gasteiger partial charge in [-0.2, -0.15) is 0 Å². The molecule has 268 valence electrons. The first-order valence-corrected chi connectivity index (χ1v) is 19.9. The third-order valence-corrected chi connectivity index (χ3v) is 10.8. The zero-order valence-corrected chi connectivity index (χ0v) is 32.3. The van der Waals surface area contributed by atoms with Gasteiger partial charge in [0.2, 0.25) is 11.8 Å². The highest BCUT2D eigenvalue weighted by Crippen LogP contribution is 2.24. The molecule has 1 heterocycles. The average molecular weight is 723 g/mol. The maximum absolute atomic E-state index is 12.8. The molecule has 7 nitrogen and oxygen atoms in total. The van der Waals surface area contributed by atoms with Crippen LogP contribution in [0.1, 0.15) is 35.1 Å². The van der Waals surface area contributed by atoms with Crippen LogP contribution in [-0.2, 0) is 16.6 Å². The Morgan fingerprint density at radius 2 is 0.961 bits per heavy atom. The number of nitrogens with zero attached hydrogens (tertiary/aromatic N) is 5. The van der Waals surface area contributed by atoms with Crippen LogP contribution in [0.4, 0.5) is 11.4 Å². The summed E-state index contributed by atoms with van der Waals surface area (Å²) < 4.78 is 2.02. The molecule has 0 saturated carbocycles. The van der Waals surface area contributed by atoms with Gasteiger partial charge in [0, 0.05) is 77.9 Å². The SMILES string of the molecule is CN(CCCN(C)c1ccccc1C=Cc1ccccc1)C(=O)CSSCC(=O)N(C)CCCN(C)c1ccccc1C=Cc1cc[n+](C)cc1. The first-order chi connectivity index (χ1) is 24.7. The van der Waals surface area contributed by atoms with Crippen molar-refractivity contribution in [2.24, 2.45) is 7.05 Å². The van der Waals surface area contributed by atoms with Crippen LogP contribution in [0.3, 0.4) is 0 Å². The molecule has 2 amide bonds. The minimum absolute atomic E-state index is 0.0810. The van der Waals surface area contributed by atoms with Gasteiger partial charge in [-0.1, -0.05) is 113 Å². The van der Waals surface area contributed by atoms with Gasteiger partial charge in [0.05, 0.1) is 11.5 Å². The van der Waals surface area contributed by atoms with Crippen molar-refractivity contribution in [3.05, 3.63) is 126 Å². The zero-order valence-electron chi connectivity index (χ0n) is 30.7. The molecule has 0 aliphatic carbocycles. The van der Waals surface area contributed by atoms with Gasteiger partial charge >= 0.3 is 0 Å². The van der Waals surface area contributed by atoms with Crippen molar-refractivity contribution in [2.45, 2.75) is 12.8 Å². The Morgan fingerprint density at radius 1 is 0.549 bits per heavy atom. The van der Waals surface area contributed by atoms with Gasteiger partial charge in [-0.05, 0) is 47.2 Å². The third-order valence-electron chi connectivity index (χ3n) is 8.68. The summed E-state index contributed by atoms with van der Waals surface area (Å²) in [6.45, 7) is 3.03. The van der Waals surface area contributed by atoms with Gasteiger partial charge in [0.15, 0.2) is 12.4 Å².